The van der Waals surface area contributed by atoms with Gasteiger partial charge >= 0.3 is 0 Å². The number of hydrogen-bond donors (Lipinski definition) is 1. The quantitative estimate of drug-likeness (QED) is 0.643. The van der Waals surface area contributed by atoms with Crippen molar-refractivity contribution >= 4 is 11.8 Å². The van der Waals surface area contributed by atoms with E-state index < -0.39 is 6.04 Å². The number of amides is 2. The molecule has 2 aromatic rings. The zero-order chi connectivity index (χ0) is 23.1. The van der Waals surface area contributed by atoms with Gasteiger partial charge in [-0.3, -0.25) is 9.59 Å². The molecule has 0 saturated carbocycles. The fourth-order valence-corrected chi connectivity index (χ4v) is 3.46. The van der Waals surface area contributed by atoms with Crippen molar-refractivity contribution < 1.29 is 23.5 Å². The van der Waals surface area contributed by atoms with Gasteiger partial charge in [0.05, 0.1) is 0 Å². The van der Waals surface area contributed by atoms with Gasteiger partial charge in [0, 0.05) is 19.5 Å². The Morgan fingerprint density at radius 3 is 2.34 bits per heavy atom. The lowest BCUT2D eigenvalue weighted by molar-refractivity contribution is -0.140. The van der Waals surface area contributed by atoms with Crippen LogP contribution in [0.3, 0.4) is 0 Å². The van der Waals surface area contributed by atoms with Gasteiger partial charge in [0.1, 0.15) is 25.1 Å². The van der Waals surface area contributed by atoms with Gasteiger partial charge < -0.3 is 19.7 Å². The molecular formula is C25H31FN2O4. The first-order valence-corrected chi connectivity index (χ1v) is 11.0. The largest absolute Gasteiger partial charge is 0.486 e. The summed E-state index contributed by atoms with van der Waals surface area (Å²) < 4.78 is 24.5. The summed E-state index contributed by atoms with van der Waals surface area (Å²) in [6.07, 6.45) is 0.748. The van der Waals surface area contributed by atoms with Crippen LogP contribution in [-0.2, 0) is 22.6 Å². The predicted molar refractivity (Wildman–Crippen MR) is 120 cm³/mol. The van der Waals surface area contributed by atoms with Gasteiger partial charge in [0.2, 0.25) is 11.8 Å². The summed E-state index contributed by atoms with van der Waals surface area (Å²) in [4.78, 5) is 27.4. The molecule has 32 heavy (non-hydrogen) atoms. The molecular weight excluding hydrogens is 411 g/mol. The smallest absolute Gasteiger partial charge is 0.242 e. The average Bonchev–Trinajstić information content (AvgIpc) is 2.80. The van der Waals surface area contributed by atoms with Crippen LogP contribution in [0.25, 0.3) is 0 Å². The number of aryl methyl sites for hydroxylation is 1. The van der Waals surface area contributed by atoms with Crippen LogP contribution in [0.1, 0.15) is 38.3 Å². The van der Waals surface area contributed by atoms with Gasteiger partial charge in [0.25, 0.3) is 0 Å². The molecule has 1 heterocycles. The Morgan fingerprint density at radius 1 is 1.00 bits per heavy atom. The van der Waals surface area contributed by atoms with Gasteiger partial charge in [-0.15, -0.1) is 0 Å². The van der Waals surface area contributed by atoms with Crippen molar-refractivity contribution in [3.8, 4) is 11.5 Å². The van der Waals surface area contributed by atoms with Gasteiger partial charge in [-0.05, 0) is 54.7 Å². The Bertz CT molecular complexity index is 930. The molecule has 0 bridgehead atoms. The lowest BCUT2D eigenvalue weighted by atomic mass is 10.1. The monoisotopic (exact) mass is 442 g/mol. The van der Waals surface area contributed by atoms with Crippen LogP contribution in [0.4, 0.5) is 4.39 Å². The topological polar surface area (TPSA) is 67.9 Å². The molecule has 0 aliphatic carbocycles. The molecule has 172 valence electrons. The summed E-state index contributed by atoms with van der Waals surface area (Å²) in [5.74, 6) is 1.02. The lowest BCUT2D eigenvalue weighted by Crippen LogP contribution is -2.48. The second-order valence-corrected chi connectivity index (χ2v) is 8.44. The number of carbonyl (C=O) groups excluding carboxylic acids is 2. The number of hydrogen-bond acceptors (Lipinski definition) is 4. The van der Waals surface area contributed by atoms with E-state index in [1.807, 2.05) is 32.0 Å². The minimum Gasteiger partial charge on any atom is -0.486 e. The zero-order valence-electron chi connectivity index (χ0n) is 18.9. The minimum absolute atomic E-state index is 0.142. The van der Waals surface area contributed by atoms with Crippen LogP contribution < -0.4 is 14.8 Å². The molecule has 1 aliphatic heterocycles. The molecule has 2 amide bonds. The van der Waals surface area contributed by atoms with Crippen LogP contribution >= 0.6 is 0 Å². The van der Waals surface area contributed by atoms with E-state index in [-0.39, 0.29) is 30.6 Å². The van der Waals surface area contributed by atoms with E-state index in [1.165, 1.54) is 12.1 Å². The second-order valence-electron chi connectivity index (χ2n) is 8.44. The van der Waals surface area contributed by atoms with E-state index in [0.717, 1.165) is 11.1 Å². The van der Waals surface area contributed by atoms with Crippen molar-refractivity contribution in [3.63, 3.8) is 0 Å². The van der Waals surface area contributed by atoms with E-state index in [2.05, 4.69) is 5.32 Å². The molecule has 0 aromatic heterocycles. The summed E-state index contributed by atoms with van der Waals surface area (Å²) in [6.45, 7) is 7.56. The number of fused-ring (bicyclic) bond motifs is 1. The summed E-state index contributed by atoms with van der Waals surface area (Å²) in [5, 5.41) is 2.90. The maximum absolute atomic E-state index is 13.3. The lowest BCUT2D eigenvalue weighted by Gasteiger charge is -2.29. The van der Waals surface area contributed by atoms with E-state index in [4.69, 9.17) is 9.47 Å². The number of carbonyl (C=O) groups is 2. The van der Waals surface area contributed by atoms with Crippen molar-refractivity contribution in [1.82, 2.24) is 10.2 Å². The molecule has 0 radical (unpaired) electrons. The SMILES string of the molecule is CC(C)CNC(=O)[C@@H](C)N(Cc1ccc(F)cc1)C(=O)CCc1ccc2c(c1)OCCO2. The highest BCUT2D eigenvalue weighted by molar-refractivity contribution is 5.87. The molecule has 2 aromatic carbocycles. The van der Waals surface area contributed by atoms with Crippen molar-refractivity contribution in [2.45, 2.75) is 46.2 Å². The highest BCUT2D eigenvalue weighted by atomic mass is 19.1. The van der Waals surface area contributed by atoms with Gasteiger partial charge in [0.15, 0.2) is 11.5 Å². The molecule has 0 saturated heterocycles. The first kappa shape index (κ1) is 23.6. The first-order valence-electron chi connectivity index (χ1n) is 11.0. The Labute approximate surface area is 188 Å². The average molecular weight is 443 g/mol. The van der Waals surface area contributed by atoms with Gasteiger partial charge in [-0.1, -0.05) is 32.0 Å². The molecule has 7 heteroatoms. The molecule has 0 unspecified atom stereocenters. The Balaban J connectivity index is 1.70. The summed E-state index contributed by atoms with van der Waals surface area (Å²) in [5.41, 5.74) is 1.73. The van der Waals surface area contributed by atoms with Crippen molar-refractivity contribution in [1.29, 1.82) is 0 Å². The Hall–Kier alpha value is -3.09. The second kappa shape index (κ2) is 11.0. The number of ether oxygens (including phenoxy) is 2. The van der Waals surface area contributed by atoms with Crippen molar-refractivity contribution in [2.75, 3.05) is 19.8 Å². The third-order valence-corrected chi connectivity index (χ3v) is 5.35. The van der Waals surface area contributed by atoms with Crippen molar-refractivity contribution in [2.24, 2.45) is 5.92 Å². The Kier molecular flexibility index (Phi) is 8.09. The molecule has 6 nitrogen and oxygen atoms in total. The van der Waals surface area contributed by atoms with Crippen molar-refractivity contribution in [3.05, 3.63) is 59.4 Å². The molecule has 1 atom stereocenters. The fraction of sp³-hybridized carbons (Fsp3) is 0.440. The first-order chi connectivity index (χ1) is 15.3. The standard InChI is InChI=1S/C25H31FN2O4/c1-17(2)15-27-25(30)18(3)28(16-20-4-8-21(26)9-5-20)24(29)11-7-19-6-10-22-23(14-19)32-13-12-31-22/h4-6,8-10,14,17-18H,7,11-13,15-16H2,1-3H3,(H,27,30)/t18-/m1/s1. The summed E-state index contributed by atoms with van der Waals surface area (Å²) in [7, 11) is 0. The zero-order valence-corrected chi connectivity index (χ0v) is 18.9. The van der Waals surface area contributed by atoms with Crippen LogP contribution in [0.5, 0.6) is 11.5 Å². The minimum atomic E-state index is -0.647. The number of benzene rings is 2. The third kappa shape index (κ3) is 6.45. The molecule has 0 fully saturated rings. The highest BCUT2D eigenvalue weighted by Crippen LogP contribution is 2.31. The van der Waals surface area contributed by atoms with Crippen LogP contribution in [0.2, 0.25) is 0 Å². The van der Waals surface area contributed by atoms with Gasteiger partial charge in [-0.25, -0.2) is 4.39 Å². The number of nitrogens with zero attached hydrogens (tertiary/aromatic N) is 1. The van der Waals surface area contributed by atoms with Crippen LogP contribution in [-0.4, -0.2) is 42.5 Å². The number of nitrogens with one attached hydrogen (secondary N) is 1. The van der Waals surface area contributed by atoms with Gasteiger partial charge in [-0.2, -0.15) is 0 Å². The molecule has 0 spiro atoms. The maximum atomic E-state index is 13.3. The number of halogens is 1. The summed E-state index contributed by atoms with van der Waals surface area (Å²) >= 11 is 0. The normalized spacial score (nSPS) is 13.5. The van der Waals surface area contributed by atoms with Crippen LogP contribution in [0.15, 0.2) is 42.5 Å². The molecule has 3 rings (SSSR count). The molecule has 1 aliphatic rings. The van der Waals surface area contributed by atoms with E-state index in [0.29, 0.717) is 43.6 Å². The number of rotatable bonds is 9. The predicted octanol–water partition coefficient (Wildman–Crippen LogP) is 3.72. The van der Waals surface area contributed by atoms with Crippen LogP contribution in [0, 0.1) is 11.7 Å². The fourth-order valence-electron chi connectivity index (χ4n) is 3.46. The Morgan fingerprint density at radius 2 is 1.66 bits per heavy atom. The highest BCUT2D eigenvalue weighted by Gasteiger charge is 2.26. The maximum Gasteiger partial charge on any atom is 0.242 e. The van der Waals surface area contributed by atoms with E-state index in [1.54, 1.807) is 24.0 Å². The van der Waals surface area contributed by atoms with E-state index in [9.17, 15) is 14.0 Å². The van der Waals surface area contributed by atoms with E-state index >= 15 is 0 Å². The molecule has 1 N–H and O–H groups in total. The third-order valence-electron chi connectivity index (χ3n) is 5.35. The summed E-state index contributed by atoms with van der Waals surface area (Å²) in [6, 6.07) is 11.0.